The predicted molar refractivity (Wildman–Crippen MR) is 71.3 cm³/mol. The largest absolute Gasteiger partial charge is 0.507 e. The van der Waals surface area contributed by atoms with Crippen molar-refractivity contribution in [2.75, 3.05) is 7.11 Å². The van der Waals surface area contributed by atoms with E-state index in [0.717, 1.165) is 6.07 Å². The van der Waals surface area contributed by atoms with Gasteiger partial charge in [-0.2, -0.15) is 0 Å². The average molecular weight is 286 g/mol. The number of carbonyl (C=O) groups excluding carboxylic acids is 2. The van der Waals surface area contributed by atoms with Crippen LogP contribution in [0.4, 0.5) is 0 Å². The highest BCUT2D eigenvalue weighted by Gasteiger charge is 2.37. The molecule has 0 aromatic heterocycles. The van der Waals surface area contributed by atoms with Crippen LogP contribution in [0.15, 0.2) is 24.3 Å². The van der Waals surface area contributed by atoms with Crippen LogP contribution in [0.25, 0.3) is 0 Å². The molecular weight excluding hydrogens is 276 g/mol. The number of aromatic hydroxyl groups is 3. The highest BCUT2D eigenvalue weighted by Crippen LogP contribution is 2.44. The lowest BCUT2D eigenvalue weighted by Crippen LogP contribution is -2.22. The summed E-state index contributed by atoms with van der Waals surface area (Å²) in [7, 11) is 1.23. The zero-order valence-corrected chi connectivity index (χ0v) is 10.9. The second kappa shape index (κ2) is 4.24. The summed E-state index contributed by atoms with van der Waals surface area (Å²) >= 11 is 0. The smallest absolute Gasteiger partial charge is 0.202 e. The van der Waals surface area contributed by atoms with Crippen LogP contribution in [0.3, 0.4) is 0 Å². The van der Waals surface area contributed by atoms with Gasteiger partial charge >= 0.3 is 0 Å². The van der Waals surface area contributed by atoms with Gasteiger partial charge in [0, 0.05) is 11.6 Å². The third-order valence-electron chi connectivity index (χ3n) is 3.41. The highest BCUT2D eigenvalue weighted by atomic mass is 16.5. The molecule has 3 rings (SSSR count). The molecule has 106 valence electrons. The van der Waals surface area contributed by atoms with Crippen LogP contribution in [0.1, 0.15) is 31.8 Å². The Morgan fingerprint density at radius 1 is 0.857 bits per heavy atom. The number of methoxy groups -OCH3 is 1. The average Bonchev–Trinajstić information content (AvgIpc) is 2.44. The van der Waals surface area contributed by atoms with E-state index in [1.807, 2.05) is 0 Å². The van der Waals surface area contributed by atoms with E-state index in [0.29, 0.717) is 0 Å². The number of hydrogen-bond donors (Lipinski definition) is 3. The first kappa shape index (κ1) is 13.0. The number of fused-ring (bicyclic) bond motifs is 2. The molecule has 2 aromatic carbocycles. The van der Waals surface area contributed by atoms with Gasteiger partial charge in [-0.05, 0) is 6.07 Å². The summed E-state index contributed by atoms with van der Waals surface area (Å²) in [5.41, 5.74) is -0.671. The molecule has 0 amide bonds. The minimum Gasteiger partial charge on any atom is -0.507 e. The van der Waals surface area contributed by atoms with Gasteiger partial charge in [-0.3, -0.25) is 9.59 Å². The van der Waals surface area contributed by atoms with Crippen molar-refractivity contribution >= 4 is 11.6 Å². The number of benzene rings is 2. The lowest BCUT2D eigenvalue weighted by atomic mass is 9.82. The summed E-state index contributed by atoms with van der Waals surface area (Å²) in [6, 6.07) is 5.04. The van der Waals surface area contributed by atoms with E-state index < -0.39 is 23.1 Å². The van der Waals surface area contributed by atoms with Gasteiger partial charge in [0.15, 0.2) is 17.3 Å². The van der Waals surface area contributed by atoms with Gasteiger partial charge in [0.25, 0.3) is 0 Å². The second-order valence-corrected chi connectivity index (χ2v) is 4.56. The molecule has 6 nitrogen and oxygen atoms in total. The normalized spacial score (nSPS) is 12.8. The molecule has 1 aliphatic rings. The van der Waals surface area contributed by atoms with Crippen LogP contribution in [-0.4, -0.2) is 34.0 Å². The van der Waals surface area contributed by atoms with Gasteiger partial charge in [-0.15, -0.1) is 0 Å². The minimum absolute atomic E-state index is 0.00413. The van der Waals surface area contributed by atoms with Gasteiger partial charge < -0.3 is 20.1 Å². The van der Waals surface area contributed by atoms with E-state index in [-0.39, 0.29) is 33.8 Å². The zero-order chi connectivity index (χ0) is 15.3. The molecular formula is C15H10O6. The van der Waals surface area contributed by atoms with E-state index >= 15 is 0 Å². The first-order valence-electron chi connectivity index (χ1n) is 6.01. The van der Waals surface area contributed by atoms with Gasteiger partial charge in [-0.25, -0.2) is 0 Å². The minimum atomic E-state index is -0.694. The van der Waals surface area contributed by atoms with Crippen molar-refractivity contribution < 1.29 is 29.6 Å². The fourth-order valence-corrected chi connectivity index (χ4v) is 2.52. The van der Waals surface area contributed by atoms with E-state index in [9.17, 15) is 24.9 Å². The van der Waals surface area contributed by atoms with Crippen molar-refractivity contribution in [2.45, 2.75) is 0 Å². The van der Waals surface area contributed by atoms with Crippen molar-refractivity contribution in [3.05, 3.63) is 46.5 Å². The van der Waals surface area contributed by atoms with E-state index in [2.05, 4.69) is 0 Å². The fraction of sp³-hybridized carbons (Fsp3) is 0.0667. The predicted octanol–water partition coefficient (Wildman–Crippen LogP) is 1.59. The summed E-state index contributed by atoms with van der Waals surface area (Å²) in [5.74, 6) is -2.85. The quantitative estimate of drug-likeness (QED) is 0.627. The number of phenolic OH excluding ortho intramolecular Hbond substituents is 3. The van der Waals surface area contributed by atoms with Crippen LogP contribution >= 0.6 is 0 Å². The molecule has 0 fully saturated rings. The van der Waals surface area contributed by atoms with Gasteiger partial charge in [0.05, 0.1) is 23.8 Å². The monoisotopic (exact) mass is 286 g/mol. The maximum absolute atomic E-state index is 12.5. The first-order valence-corrected chi connectivity index (χ1v) is 6.01. The Kier molecular flexibility index (Phi) is 2.62. The maximum atomic E-state index is 12.5. The van der Waals surface area contributed by atoms with E-state index in [1.165, 1.54) is 25.3 Å². The standard InChI is InChI=1S/C15H10O6/c1-21-15-9(18)5-8(17)11-12(15)14(20)10-6(13(11)19)3-2-4-7(10)16/h2-5,16-18H,1H3. The molecule has 0 heterocycles. The molecule has 6 heteroatoms. The molecule has 0 spiro atoms. The summed E-state index contributed by atoms with van der Waals surface area (Å²) in [5, 5.41) is 29.5. The summed E-state index contributed by atoms with van der Waals surface area (Å²) in [6.07, 6.45) is 0. The number of phenols is 3. The lowest BCUT2D eigenvalue weighted by Gasteiger charge is -2.21. The Bertz CT molecular complexity index is 806. The van der Waals surface area contributed by atoms with Gasteiger partial charge in [0.1, 0.15) is 11.5 Å². The van der Waals surface area contributed by atoms with E-state index in [1.54, 1.807) is 0 Å². The number of ketones is 2. The van der Waals surface area contributed by atoms with Crippen LogP contribution in [0.5, 0.6) is 23.0 Å². The SMILES string of the molecule is COc1c(O)cc(O)c2c1C(=O)c1c(O)cccc1C2=O. The van der Waals surface area contributed by atoms with Gasteiger partial charge in [-0.1, -0.05) is 12.1 Å². The molecule has 0 aliphatic heterocycles. The maximum Gasteiger partial charge on any atom is 0.202 e. The molecule has 1 aliphatic carbocycles. The molecule has 0 bridgehead atoms. The number of hydrogen-bond acceptors (Lipinski definition) is 6. The van der Waals surface area contributed by atoms with Gasteiger partial charge in [0.2, 0.25) is 5.78 Å². The second-order valence-electron chi connectivity index (χ2n) is 4.56. The molecule has 0 radical (unpaired) electrons. The van der Waals surface area contributed by atoms with Crippen LogP contribution in [0, 0.1) is 0 Å². The molecule has 2 aromatic rings. The third-order valence-corrected chi connectivity index (χ3v) is 3.41. The van der Waals surface area contributed by atoms with Crippen molar-refractivity contribution in [1.82, 2.24) is 0 Å². The molecule has 0 atom stereocenters. The number of ether oxygens (including phenoxy) is 1. The number of rotatable bonds is 1. The van der Waals surface area contributed by atoms with Crippen LogP contribution in [0.2, 0.25) is 0 Å². The first-order chi connectivity index (χ1) is 9.97. The van der Waals surface area contributed by atoms with Crippen molar-refractivity contribution in [3.8, 4) is 23.0 Å². The molecule has 21 heavy (non-hydrogen) atoms. The molecule has 0 saturated carbocycles. The fourth-order valence-electron chi connectivity index (χ4n) is 2.52. The highest BCUT2D eigenvalue weighted by molar-refractivity contribution is 6.31. The van der Waals surface area contributed by atoms with Crippen molar-refractivity contribution in [3.63, 3.8) is 0 Å². The molecule has 3 N–H and O–H groups in total. The molecule has 0 saturated heterocycles. The Labute approximate surface area is 118 Å². The Morgan fingerprint density at radius 2 is 1.57 bits per heavy atom. The zero-order valence-electron chi connectivity index (χ0n) is 10.9. The van der Waals surface area contributed by atoms with E-state index in [4.69, 9.17) is 4.74 Å². The summed E-state index contributed by atoms with van der Waals surface area (Å²) < 4.78 is 4.96. The molecule has 0 unspecified atom stereocenters. The Hall–Kier alpha value is -3.02. The summed E-state index contributed by atoms with van der Waals surface area (Å²) in [6.45, 7) is 0. The van der Waals surface area contributed by atoms with Crippen molar-refractivity contribution in [2.24, 2.45) is 0 Å². The van der Waals surface area contributed by atoms with Crippen LogP contribution < -0.4 is 4.74 Å². The van der Waals surface area contributed by atoms with Crippen LogP contribution in [-0.2, 0) is 0 Å². The third kappa shape index (κ3) is 1.59. The summed E-state index contributed by atoms with van der Waals surface area (Å²) in [4.78, 5) is 25.0. The topological polar surface area (TPSA) is 104 Å². The Balaban J connectivity index is 2.44. The lowest BCUT2D eigenvalue weighted by molar-refractivity contribution is 0.0971. The Morgan fingerprint density at radius 3 is 2.24 bits per heavy atom. The number of carbonyl (C=O) groups is 2. The van der Waals surface area contributed by atoms with Crippen molar-refractivity contribution in [1.29, 1.82) is 0 Å².